The maximum atomic E-state index is 4.14. The number of hydrogen-bond donors (Lipinski definition) is 0. The maximum Gasteiger partial charge on any atom is 0.0825 e. The molecule has 1 aromatic carbocycles. The van der Waals surface area contributed by atoms with E-state index in [1.807, 2.05) is 38.0 Å². The average molecular weight is 422 g/mol. The monoisotopic (exact) mass is 422 g/mol. The molecule has 0 atom stereocenters. The first-order valence-corrected chi connectivity index (χ1v) is 6.33. The summed E-state index contributed by atoms with van der Waals surface area (Å²) in [5.41, 5.74) is 3.53. The molecule has 0 fully saturated rings. The van der Waals surface area contributed by atoms with Crippen molar-refractivity contribution in [2.45, 2.75) is 0 Å². The van der Waals surface area contributed by atoms with Gasteiger partial charge in [-0.15, -0.1) is 0 Å². The summed E-state index contributed by atoms with van der Waals surface area (Å²) >= 11 is 4.48. The van der Waals surface area contributed by atoms with Crippen LogP contribution in [0.1, 0.15) is 0 Å². The predicted molar refractivity (Wildman–Crippen MR) is 80.2 cm³/mol. The van der Waals surface area contributed by atoms with Crippen molar-refractivity contribution in [3.8, 4) is 11.1 Å². The van der Waals surface area contributed by atoms with Gasteiger partial charge in [0.05, 0.1) is 57.6 Å². The Hall–Kier alpha value is -0.370. The van der Waals surface area contributed by atoms with Crippen LogP contribution in [0.5, 0.6) is 0 Å². The molecule has 0 saturated carbocycles. The fraction of sp³-hybridized carbons (Fsp3) is 0. The molecule has 4 heteroatoms. The molecule has 0 radical (unpaired) electrons. The molecule has 0 unspecified atom stereocenters. The highest BCUT2D eigenvalue weighted by Crippen LogP contribution is 2.33. The Bertz CT molecular complexity index is 443. The largest absolute Gasteiger partial charge is 0.262 e. The SMILES string of the molecule is IN(I)c1cnccc1-c1ccccc1. The van der Waals surface area contributed by atoms with E-state index in [1.165, 1.54) is 11.1 Å². The van der Waals surface area contributed by atoms with Gasteiger partial charge in [0.2, 0.25) is 0 Å². The number of benzene rings is 1. The van der Waals surface area contributed by atoms with Crippen molar-refractivity contribution in [3.63, 3.8) is 0 Å². The van der Waals surface area contributed by atoms with E-state index in [4.69, 9.17) is 0 Å². The van der Waals surface area contributed by atoms with Crippen LogP contribution in [0.3, 0.4) is 0 Å². The van der Waals surface area contributed by atoms with E-state index >= 15 is 0 Å². The molecule has 0 spiro atoms. The number of pyridine rings is 1. The lowest BCUT2D eigenvalue weighted by Gasteiger charge is -2.12. The van der Waals surface area contributed by atoms with Gasteiger partial charge in [0.15, 0.2) is 0 Å². The molecular formula is C11H8I2N2. The lowest BCUT2D eigenvalue weighted by molar-refractivity contribution is 1.33. The van der Waals surface area contributed by atoms with Crippen molar-refractivity contribution in [2.24, 2.45) is 0 Å². The number of nitrogens with zero attached hydrogens (tertiary/aromatic N) is 2. The molecule has 0 bridgehead atoms. The lowest BCUT2D eigenvalue weighted by Crippen LogP contribution is -1.93. The summed E-state index contributed by atoms with van der Waals surface area (Å²) in [5.74, 6) is 0. The molecular weight excluding hydrogens is 414 g/mol. The van der Waals surface area contributed by atoms with Gasteiger partial charge in [-0.1, -0.05) is 30.3 Å². The summed E-state index contributed by atoms with van der Waals surface area (Å²) in [5, 5.41) is 0. The Balaban J connectivity index is 2.53. The molecule has 0 aliphatic rings. The third-order valence-corrected chi connectivity index (χ3v) is 3.11. The molecule has 2 rings (SSSR count). The van der Waals surface area contributed by atoms with Crippen molar-refractivity contribution < 1.29 is 0 Å². The van der Waals surface area contributed by atoms with E-state index < -0.39 is 0 Å². The lowest BCUT2D eigenvalue weighted by atomic mass is 10.1. The number of hydrogen-bond acceptors (Lipinski definition) is 2. The van der Waals surface area contributed by atoms with Gasteiger partial charge < -0.3 is 0 Å². The molecule has 2 nitrogen and oxygen atoms in total. The molecule has 0 amide bonds. The van der Waals surface area contributed by atoms with E-state index in [0.29, 0.717) is 0 Å². The quantitative estimate of drug-likeness (QED) is 0.532. The van der Waals surface area contributed by atoms with Gasteiger partial charge in [-0.05, 0) is 11.6 Å². The number of anilines is 1. The van der Waals surface area contributed by atoms with Gasteiger partial charge in [-0.2, -0.15) is 0 Å². The van der Waals surface area contributed by atoms with Gasteiger partial charge in [0.1, 0.15) is 0 Å². The van der Waals surface area contributed by atoms with Crippen molar-refractivity contribution in [1.82, 2.24) is 4.98 Å². The van der Waals surface area contributed by atoms with Crippen LogP contribution in [0, 0.1) is 0 Å². The van der Waals surface area contributed by atoms with Crippen LogP contribution in [0.2, 0.25) is 0 Å². The molecule has 0 N–H and O–H groups in total. The summed E-state index contributed by atoms with van der Waals surface area (Å²) in [4.78, 5) is 4.14. The first-order chi connectivity index (χ1) is 7.29. The zero-order valence-electron chi connectivity index (χ0n) is 7.77. The third kappa shape index (κ3) is 2.60. The molecule has 76 valence electrons. The van der Waals surface area contributed by atoms with Crippen LogP contribution in [-0.4, -0.2) is 4.98 Å². The Morgan fingerprint density at radius 2 is 1.73 bits per heavy atom. The molecule has 0 saturated heterocycles. The van der Waals surface area contributed by atoms with Crippen LogP contribution in [-0.2, 0) is 0 Å². The van der Waals surface area contributed by atoms with Crippen molar-refractivity contribution >= 4 is 51.4 Å². The van der Waals surface area contributed by atoms with Gasteiger partial charge in [-0.3, -0.25) is 6.31 Å². The maximum absolute atomic E-state index is 4.14. The summed E-state index contributed by atoms with van der Waals surface area (Å²) in [7, 11) is 0. The van der Waals surface area contributed by atoms with Crippen molar-refractivity contribution in [1.29, 1.82) is 0 Å². The average Bonchev–Trinajstić information content (AvgIpc) is 2.30. The third-order valence-electron chi connectivity index (χ3n) is 2.07. The second-order valence-electron chi connectivity index (χ2n) is 2.99. The van der Waals surface area contributed by atoms with E-state index in [0.717, 1.165) is 5.69 Å². The minimum atomic E-state index is 1.12. The predicted octanol–water partition coefficient (Wildman–Crippen LogP) is 4.26. The molecule has 1 heterocycles. The van der Waals surface area contributed by atoms with Gasteiger partial charge in [-0.25, -0.2) is 0 Å². The van der Waals surface area contributed by atoms with E-state index in [1.54, 1.807) is 0 Å². The highest BCUT2D eigenvalue weighted by atomic mass is 127. The Labute approximate surface area is 117 Å². The van der Waals surface area contributed by atoms with Gasteiger partial charge in [0, 0.05) is 11.8 Å². The second kappa shape index (κ2) is 5.11. The van der Waals surface area contributed by atoms with E-state index in [9.17, 15) is 0 Å². The normalized spacial score (nSPS) is 10.0. The Kier molecular flexibility index (Phi) is 3.79. The zero-order valence-corrected chi connectivity index (χ0v) is 12.1. The summed E-state index contributed by atoms with van der Waals surface area (Å²) in [6.07, 6.45) is 3.70. The second-order valence-corrected chi connectivity index (χ2v) is 6.77. The smallest absolute Gasteiger partial charge is 0.0825 e. The van der Waals surface area contributed by atoms with Gasteiger partial charge in [0.25, 0.3) is 0 Å². The number of aromatic nitrogens is 1. The zero-order chi connectivity index (χ0) is 10.7. The van der Waals surface area contributed by atoms with E-state index in [-0.39, 0.29) is 0 Å². The molecule has 0 aliphatic heterocycles. The van der Waals surface area contributed by atoms with Crippen LogP contribution in [0.4, 0.5) is 5.69 Å². The summed E-state index contributed by atoms with van der Waals surface area (Å²) < 4.78 is 2.02. The number of rotatable bonds is 2. The standard InChI is InChI=1S/C11H8I2N2/c12-15(13)11-8-14-7-6-10(11)9-4-2-1-3-5-9/h1-8H. The van der Waals surface area contributed by atoms with Crippen LogP contribution in [0.25, 0.3) is 11.1 Å². The topological polar surface area (TPSA) is 16.1 Å². The fourth-order valence-corrected chi connectivity index (χ4v) is 2.15. The summed E-state index contributed by atoms with van der Waals surface area (Å²) in [6, 6.07) is 12.4. The molecule has 1 aromatic heterocycles. The van der Waals surface area contributed by atoms with E-state index in [2.05, 4.69) is 62.8 Å². The van der Waals surface area contributed by atoms with Crippen LogP contribution < -0.4 is 1.33 Å². The van der Waals surface area contributed by atoms with Gasteiger partial charge >= 0.3 is 0 Å². The summed E-state index contributed by atoms with van der Waals surface area (Å²) in [6.45, 7) is 0. The first kappa shape index (κ1) is 11.1. The number of halogens is 2. The first-order valence-electron chi connectivity index (χ1n) is 4.40. The van der Waals surface area contributed by atoms with Crippen LogP contribution in [0.15, 0.2) is 48.8 Å². The van der Waals surface area contributed by atoms with Crippen LogP contribution >= 0.6 is 45.7 Å². The fourth-order valence-electron chi connectivity index (χ4n) is 1.38. The Morgan fingerprint density at radius 1 is 1.00 bits per heavy atom. The minimum absolute atomic E-state index is 1.12. The molecule has 2 aromatic rings. The highest BCUT2D eigenvalue weighted by molar-refractivity contribution is 14.2. The highest BCUT2D eigenvalue weighted by Gasteiger charge is 2.07. The molecule has 15 heavy (non-hydrogen) atoms. The van der Waals surface area contributed by atoms with Crippen molar-refractivity contribution in [3.05, 3.63) is 48.8 Å². The molecule has 0 aliphatic carbocycles. The van der Waals surface area contributed by atoms with Crippen molar-refractivity contribution in [2.75, 3.05) is 1.33 Å². The minimum Gasteiger partial charge on any atom is -0.262 e. The Morgan fingerprint density at radius 3 is 2.40 bits per heavy atom.